The Morgan fingerprint density at radius 1 is 1.20 bits per heavy atom. The Morgan fingerprint density at radius 3 is 2.55 bits per heavy atom. The summed E-state index contributed by atoms with van der Waals surface area (Å²) in [7, 11) is -2.51. The van der Waals surface area contributed by atoms with Crippen LogP contribution in [0, 0.1) is 0 Å². The Bertz CT molecular complexity index is 702. The fraction of sp³-hybridized carbons (Fsp3) is 0.167. The Kier molecular flexibility index (Phi) is 4.60. The van der Waals surface area contributed by atoms with Crippen LogP contribution in [0.5, 0.6) is 0 Å². The van der Waals surface area contributed by atoms with Gasteiger partial charge in [-0.15, -0.1) is 0 Å². The molecule has 0 aliphatic carbocycles. The van der Waals surface area contributed by atoms with Crippen LogP contribution in [0.3, 0.4) is 0 Å². The Labute approximate surface area is 131 Å². The molecule has 8 heteroatoms. The van der Waals surface area contributed by atoms with Crippen molar-refractivity contribution in [2.45, 2.75) is 0 Å². The van der Waals surface area contributed by atoms with E-state index in [0.29, 0.717) is 26.9 Å². The first-order valence-electron chi connectivity index (χ1n) is 5.57. The summed E-state index contributed by atoms with van der Waals surface area (Å²) in [5, 5.41) is 4.54. The minimum atomic E-state index is -2.51. The maximum atomic E-state index is 12.3. The van der Waals surface area contributed by atoms with Crippen LogP contribution in [0.25, 0.3) is 0 Å². The van der Waals surface area contributed by atoms with Crippen molar-refractivity contribution in [1.29, 1.82) is 0 Å². The van der Waals surface area contributed by atoms with Crippen LogP contribution in [0.15, 0.2) is 24.4 Å². The van der Waals surface area contributed by atoms with Crippen LogP contribution in [-0.4, -0.2) is 23.3 Å². The molecule has 20 heavy (non-hydrogen) atoms. The third-order valence-electron chi connectivity index (χ3n) is 2.51. The Morgan fingerprint density at radius 2 is 1.90 bits per heavy atom. The van der Waals surface area contributed by atoms with Gasteiger partial charge in [-0.25, -0.2) is 4.98 Å². The van der Waals surface area contributed by atoms with Crippen LogP contribution >= 0.6 is 41.9 Å². The summed E-state index contributed by atoms with van der Waals surface area (Å²) in [6, 6.07) is 5.09. The van der Waals surface area contributed by atoms with Crippen molar-refractivity contribution in [3.63, 3.8) is 0 Å². The van der Waals surface area contributed by atoms with Gasteiger partial charge in [0.05, 0.1) is 11.9 Å². The predicted molar refractivity (Wildman–Crippen MR) is 85.9 cm³/mol. The van der Waals surface area contributed by atoms with E-state index < -0.39 is 7.14 Å². The monoisotopic (exact) mass is 349 g/mol. The molecule has 4 nitrogen and oxygen atoms in total. The number of anilines is 2. The van der Waals surface area contributed by atoms with Gasteiger partial charge in [0.2, 0.25) is 5.28 Å². The normalized spacial score (nSPS) is 11.4. The second-order valence-electron chi connectivity index (χ2n) is 4.47. The van der Waals surface area contributed by atoms with Crippen molar-refractivity contribution < 1.29 is 4.57 Å². The molecule has 0 fully saturated rings. The van der Waals surface area contributed by atoms with Crippen LogP contribution in [-0.2, 0) is 4.57 Å². The lowest BCUT2D eigenvalue weighted by Gasteiger charge is -2.15. The van der Waals surface area contributed by atoms with Gasteiger partial charge in [0.15, 0.2) is 5.82 Å². The highest BCUT2D eigenvalue weighted by atomic mass is 35.5. The smallest absolute Gasteiger partial charge is 0.224 e. The summed E-state index contributed by atoms with van der Waals surface area (Å²) in [5.41, 5.74) is 0.624. The van der Waals surface area contributed by atoms with Gasteiger partial charge in [0, 0.05) is 10.3 Å². The molecule has 1 heterocycles. The van der Waals surface area contributed by atoms with E-state index in [1.165, 1.54) is 6.20 Å². The van der Waals surface area contributed by atoms with Gasteiger partial charge in [-0.2, -0.15) is 4.98 Å². The van der Waals surface area contributed by atoms with E-state index in [1.54, 1.807) is 31.5 Å². The van der Waals surface area contributed by atoms with E-state index in [2.05, 4.69) is 15.3 Å². The number of hydrogen-bond donors (Lipinski definition) is 1. The maximum absolute atomic E-state index is 12.3. The average Bonchev–Trinajstić information content (AvgIpc) is 2.34. The van der Waals surface area contributed by atoms with E-state index >= 15 is 0 Å². The lowest BCUT2D eigenvalue weighted by atomic mass is 10.3. The quantitative estimate of drug-likeness (QED) is 0.657. The van der Waals surface area contributed by atoms with Crippen molar-refractivity contribution in [3.05, 3.63) is 39.7 Å². The van der Waals surface area contributed by atoms with Gasteiger partial charge in [0.25, 0.3) is 0 Å². The summed E-state index contributed by atoms with van der Waals surface area (Å²) in [6.45, 7) is 3.33. The van der Waals surface area contributed by atoms with Gasteiger partial charge in [-0.3, -0.25) is 0 Å². The molecule has 0 atom stereocenters. The first-order valence-corrected chi connectivity index (χ1v) is 9.31. The van der Waals surface area contributed by atoms with Crippen molar-refractivity contribution in [3.8, 4) is 0 Å². The van der Waals surface area contributed by atoms with Crippen molar-refractivity contribution >= 4 is 58.8 Å². The van der Waals surface area contributed by atoms with Crippen molar-refractivity contribution in [1.82, 2.24) is 9.97 Å². The van der Waals surface area contributed by atoms with E-state index in [-0.39, 0.29) is 5.28 Å². The molecule has 1 aromatic heterocycles. The van der Waals surface area contributed by atoms with Crippen LogP contribution in [0.4, 0.5) is 11.5 Å². The number of rotatable bonds is 3. The van der Waals surface area contributed by atoms with E-state index in [1.807, 2.05) is 0 Å². The molecular formula is C12H11Cl3N3OP. The average molecular weight is 351 g/mol. The zero-order chi connectivity index (χ0) is 14.9. The fourth-order valence-electron chi connectivity index (χ4n) is 1.62. The predicted octanol–water partition coefficient (Wildman–Crippen LogP) is 4.43. The molecule has 0 aliphatic rings. The molecular weight excluding hydrogens is 339 g/mol. The lowest BCUT2D eigenvalue weighted by Crippen LogP contribution is -2.10. The first kappa shape index (κ1) is 15.6. The third kappa shape index (κ3) is 3.64. The second kappa shape index (κ2) is 5.90. The fourth-order valence-corrected chi connectivity index (χ4v) is 3.30. The van der Waals surface area contributed by atoms with Crippen molar-refractivity contribution in [2.75, 3.05) is 18.6 Å². The molecule has 0 saturated carbocycles. The molecule has 0 unspecified atom stereocenters. The van der Waals surface area contributed by atoms with E-state index in [0.717, 1.165) is 0 Å². The maximum Gasteiger partial charge on any atom is 0.224 e. The molecule has 2 rings (SSSR count). The van der Waals surface area contributed by atoms with Gasteiger partial charge < -0.3 is 9.88 Å². The number of hydrogen-bond acceptors (Lipinski definition) is 4. The number of aromatic nitrogens is 2. The summed E-state index contributed by atoms with van der Waals surface area (Å²) >= 11 is 17.7. The standard InChI is InChI=1S/C12H11Cl3N3OP/c1-20(2,19)10-5-7(13)3-4-9(10)17-11-8(14)6-16-12(15)18-11/h3-6H,1-2H3,(H,16,17,18). The molecule has 0 aliphatic heterocycles. The second-order valence-corrected chi connectivity index (χ2v) is 8.84. The minimum absolute atomic E-state index is 0.0728. The number of benzene rings is 1. The Hall–Kier alpha value is -0.800. The molecule has 0 spiro atoms. The van der Waals surface area contributed by atoms with Gasteiger partial charge >= 0.3 is 0 Å². The summed E-state index contributed by atoms with van der Waals surface area (Å²) in [5.74, 6) is 0.351. The molecule has 0 bridgehead atoms. The molecule has 0 saturated heterocycles. The third-order valence-corrected chi connectivity index (χ3v) is 4.73. The molecule has 1 N–H and O–H groups in total. The molecule has 106 valence electrons. The number of nitrogens with one attached hydrogen (secondary N) is 1. The van der Waals surface area contributed by atoms with Gasteiger partial charge in [-0.1, -0.05) is 23.2 Å². The highest BCUT2D eigenvalue weighted by molar-refractivity contribution is 7.70. The summed E-state index contributed by atoms with van der Waals surface area (Å²) < 4.78 is 12.3. The molecule has 0 amide bonds. The minimum Gasteiger partial charge on any atom is -0.338 e. The van der Waals surface area contributed by atoms with E-state index in [4.69, 9.17) is 34.8 Å². The highest BCUT2D eigenvalue weighted by Crippen LogP contribution is 2.39. The molecule has 2 aromatic rings. The molecule has 0 radical (unpaired) electrons. The van der Waals surface area contributed by atoms with Gasteiger partial charge in [-0.05, 0) is 43.1 Å². The lowest BCUT2D eigenvalue weighted by molar-refractivity contribution is 0.588. The Balaban J connectivity index is 2.49. The van der Waals surface area contributed by atoms with Crippen LogP contribution in [0.1, 0.15) is 0 Å². The van der Waals surface area contributed by atoms with Gasteiger partial charge in [0.1, 0.15) is 12.2 Å². The molecule has 1 aromatic carbocycles. The van der Waals surface area contributed by atoms with Crippen LogP contribution < -0.4 is 10.6 Å². The van der Waals surface area contributed by atoms with Crippen molar-refractivity contribution in [2.24, 2.45) is 0 Å². The largest absolute Gasteiger partial charge is 0.338 e. The first-order chi connectivity index (χ1) is 9.27. The zero-order valence-electron chi connectivity index (χ0n) is 10.7. The zero-order valence-corrected chi connectivity index (χ0v) is 13.9. The highest BCUT2D eigenvalue weighted by Gasteiger charge is 2.18. The summed E-state index contributed by atoms with van der Waals surface area (Å²) in [6.07, 6.45) is 1.40. The topological polar surface area (TPSA) is 54.9 Å². The van der Waals surface area contributed by atoms with Crippen LogP contribution in [0.2, 0.25) is 15.3 Å². The summed E-state index contributed by atoms with van der Waals surface area (Å²) in [4.78, 5) is 7.77. The SMILES string of the molecule is CP(C)(=O)c1cc(Cl)ccc1Nc1nc(Cl)ncc1Cl. The van der Waals surface area contributed by atoms with E-state index in [9.17, 15) is 4.57 Å². The number of halogens is 3. The number of nitrogens with zero attached hydrogens (tertiary/aromatic N) is 2.